The van der Waals surface area contributed by atoms with Gasteiger partial charge in [0.2, 0.25) is 10.0 Å². The molecule has 0 radical (unpaired) electrons. The lowest BCUT2D eigenvalue weighted by molar-refractivity contribution is 0.0755. The smallest absolute Gasteiger partial charge is 0.253 e. The molecule has 9 heteroatoms. The summed E-state index contributed by atoms with van der Waals surface area (Å²) in [5, 5.41) is 0. The zero-order chi connectivity index (χ0) is 21.1. The van der Waals surface area contributed by atoms with Crippen molar-refractivity contribution in [2.45, 2.75) is 29.9 Å². The number of pyridine rings is 1. The Morgan fingerprint density at radius 1 is 1.17 bits per heavy atom. The molecular weight excluding hydrogens is 406 g/mol. The van der Waals surface area contributed by atoms with Crippen LogP contribution >= 0.6 is 0 Å². The van der Waals surface area contributed by atoms with E-state index in [1.807, 2.05) is 0 Å². The summed E-state index contributed by atoms with van der Waals surface area (Å²) in [6, 6.07) is 9.73. The Labute approximate surface area is 176 Å². The van der Waals surface area contributed by atoms with Crippen molar-refractivity contribution in [3.05, 3.63) is 54.4 Å². The molecule has 1 saturated heterocycles. The topological polar surface area (TPSA) is 89.0 Å². The second-order valence-electron chi connectivity index (χ2n) is 7.38. The van der Waals surface area contributed by atoms with Crippen LogP contribution in [0.1, 0.15) is 23.2 Å². The number of hydrogen-bond donors (Lipinski definition) is 0. The van der Waals surface area contributed by atoms with E-state index in [0.29, 0.717) is 37.2 Å². The van der Waals surface area contributed by atoms with E-state index in [9.17, 15) is 13.2 Å². The minimum absolute atomic E-state index is 0.0828. The second-order valence-corrected chi connectivity index (χ2v) is 9.24. The number of likely N-dealkylation sites (tertiary alicyclic amines) is 1. The van der Waals surface area contributed by atoms with Crippen LogP contribution in [0.5, 0.6) is 5.75 Å². The van der Waals surface area contributed by atoms with Gasteiger partial charge in [0.15, 0.2) is 0 Å². The van der Waals surface area contributed by atoms with Gasteiger partial charge in [0.05, 0.1) is 12.6 Å². The quantitative estimate of drug-likeness (QED) is 0.733. The maximum atomic E-state index is 13.4. The number of carbonyl (C=O) groups is 1. The third-order valence-electron chi connectivity index (χ3n) is 5.62. The number of nitrogens with zero attached hydrogens (tertiary/aromatic N) is 3. The van der Waals surface area contributed by atoms with Crippen LogP contribution in [0.25, 0.3) is 0 Å². The summed E-state index contributed by atoms with van der Waals surface area (Å²) in [4.78, 5) is 18.8. The van der Waals surface area contributed by atoms with Gasteiger partial charge in [-0.05, 0) is 30.7 Å². The molecule has 0 bridgehead atoms. The van der Waals surface area contributed by atoms with Crippen LogP contribution in [0.4, 0.5) is 0 Å². The Kier molecular flexibility index (Phi) is 6.03. The first-order valence-corrected chi connectivity index (χ1v) is 11.4. The predicted octanol–water partition coefficient (Wildman–Crippen LogP) is 1.78. The molecule has 3 heterocycles. The number of sulfonamides is 1. The van der Waals surface area contributed by atoms with Crippen molar-refractivity contribution >= 4 is 15.9 Å². The number of methoxy groups -OCH3 is 1. The molecule has 2 aliphatic rings. The maximum Gasteiger partial charge on any atom is 0.253 e. The van der Waals surface area contributed by atoms with Crippen molar-refractivity contribution in [3.63, 3.8) is 0 Å². The van der Waals surface area contributed by atoms with Crippen molar-refractivity contribution in [1.29, 1.82) is 0 Å². The molecule has 160 valence electrons. The highest BCUT2D eigenvalue weighted by Gasteiger charge is 2.43. The van der Waals surface area contributed by atoms with E-state index >= 15 is 0 Å². The van der Waals surface area contributed by atoms with Gasteiger partial charge >= 0.3 is 0 Å². The molecular formula is C21H25N3O5S. The largest absolute Gasteiger partial charge is 0.487 e. The minimum Gasteiger partial charge on any atom is -0.487 e. The van der Waals surface area contributed by atoms with E-state index in [4.69, 9.17) is 9.47 Å². The molecule has 0 N–H and O–H groups in total. The van der Waals surface area contributed by atoms with E-state index in [1.54, 1.807) is 60.8 Å². The van der Waals surface area contributed by atoms with E-state index < -0.39 is 10.0 Å². The van der Waals surface area contributed by atoms with E-state index in [1.165, 1.54) is 4.31 Å². The van der Waals surface area contributed by atoms with Crippen molar-refractivity contribution in [3.8, 4) is 5.75 Å². The van der Waals surface area contributed by atoms with Gasteiger partial charge in [0.25, 0.3) is 5.91 Å². The first-order chi connectivity index (χ1) is 14.5. The zero-order valence-corrected chi connectivity index (χ0v) is 17.6. The Morgan fingerprint density at radius 3 is 2.67 bits per heavy atom. The molecule has 2 aromatic rings. The van der Waals surface area contributed by atoms with Crippen LogP contribution in [0.2, 0.25) is 0 Å². The maximum absolute atomic E-state index is 13.4. The molecule has 1 aromatic carbocycles. The summed E-state index contributed by atoms with van der Waals surface area (Å²) in [7, 11) is -2.20. The third-order valence-corrected chi connectivity index (χ3v) is 7.59. The molecule has 30 heavy (non-hydrogen) atoms. The summed E-state index contributed by atoms with van der Waals surface area (Å²) in [5.41, 5.74) is 0.571. The standard InChI is InChI=1S/C21H25N3O5S/c1-28-15-14-24-17-8-12-23(21(25)16-6-10-22-11-7-16)13-9-18(17)29-19-4-2-3-5-20(19)30(24,26)27/h2-7,10-11,17-18H,8-9,12-15H2,1H3/t17-,18-/m0/s1. The van der Waals surface area contributed by atoms with Crippen LogP contribution in [0, 0.1) is 0 Å². The molecule has 1 fully saturated rings. The van der Waals surface area contributed by atoms with E-state index in [0.717, 1.165) is 0 Å². The van der Waals surface area contributed by atoms with Crippen LogP contribution in [-0.2, 0) is 14.8 Å². The minimum atomic E-state index is -3.75. The number of ether oxygens (including phenoxy) is 2. The fraction of sp³-hybridized carbons (Fsp3) is 0.429. The van der Waals surface area contributed by atoms with Crippen LogP contribution in [0.15, 0.2) is 53.7 Å². The first kappa shape index (κ1) is 20.8. The number of para-hydroxylation sites is 1. The molecule has 0 aliphatic carbocycles. The fourth-order valence-corrected chi connectivity index (χ4v) is 5.89. The van der Waals surface area contributed by atoms with Gasteiger partial charge in [0, 0.05) is 51.1 Å². The van der Waals surface area contributed by atoms with Gasteiger partial charge in [-0.15, -0.1) is 0 Å². The number of rotatable bonds is 4. The van der Waals surface area contributed by atoms with Crippen LogP contribution in [0.3, 0.4) is 0 Å². The molecule has 0 unspecified atom stereocenters. The van der Waals surface area contributed by atoms with Crippen LogP contribution < -0.4 is 4.74 Å². The first-order valence-electron chi connectivity index (χ1n) is 9.98. The molecule has 0 spiro atoms. The monoisotopic (exact) mass is 431 g/mol. The SMILES string of the molecule is COCCN1[C@H]2CCN(C(=O)c3ccncc3)CC[C@@H]2Oc2ccccc2S1(=O)=O. The molecule has 2 atom stereocenters. The number of hydrogen-bond acceptors (Lipinski definition) is 6. The molecule has 0 saturated carbocycles. The number of benzene rings is 1. The molecule has 1 aromatic heterocycles. The Morgan fingerprint density at radius 2 is 1.90 bits per heavy atom. The Bertz CT molecular complexity index is 999. The van der Waals surface area contributed by atoms with Gasteiger partial charge in [-0.2, -0.15) is 4.31 Å². The van der Waals surface area contributed by atoms with E-state index in [-0.39, 0.29) is 36.1 Å². The third kappa shape index (κ3) is 3.92. The van der Waals surface area contributed by atoms with Gasteiger partial charge < -0.3 is 14.4 Å². The normalized spacial score (nSPS) is 23.4. The summed E-state index contributed by atoms with van der Waals surface area (Å²) in [6.45, 7) is 1.45. The average Bonchev–Trinajstić information content (AvgIpc) is 3.01. The zero-order valence-electron chi connectivity index (χ0n) is 16.8. The number of fused-ring (bicyclic) bond motifs is 2. The Hall–Kier alpha value is -2.49. The molecule has 2 aliphatic heterocycles. The van der Waals surface area contributed by atoms with Crippen molar-refractivity contribution in [1.82, 2.24) is 14.2 Å². The second kappa shape index (κ2) is 8.71. The predicted molar refractivity (Wildman–Crippen MR) is 110 cm³/mol. The number of aromatic nitrogens is 1. The van der Waals surface area contributed by atoms with Gasteiger partial charge in [-0.1, -0.05) is 12.1 Å². The summed E-state index contributed by atoms with van der Waals surface area (Å²) < 4.78 is 39.8. The fourth-order valence-electron chi connectivity index (χ4n) is 4.10. The van der Waals surface area contributed by atoms with Gasteiger partial charge in [0.1, 0.15) is 16.7 Å². The highest BCUT2D eigenvalue weighted by Crippen LogP contribution is 2.36. The Balaban J connectivity index is 1.65. The molecule has 8 nitrogen and oxygen atoms in total. The van der Waals surface area contributed by atoms with Gasteiger partial charge in [-0.3, -0.25) is 9.78 Å². The average molecular weight is 432 g/mol. The van der Waals surface area contributed by atoms with Crippen molar-refractivity contribution in [2.24, 2.45) is 0 Å². The summed E-state index contributed by atoms with van der Waals surface area (Å²) in [5.74, 6) is 0.280. The molecule has 4 rings (SSSR count). The lowest BCUT2D eigenvalue weighted by Gasteiger charge is -2.31. The van der Waals surface area contributed by atoms with Crippen LogP contribution in [-0.4, -0.2) is 74.0 Å². The number of amides is 1. The van der Waals surface area contributed by atoms with E-state index in [2.05, 4.69) is 4.98 Å². The van der Waals surface area contributed by atoms with Gasteiger partial charge in [-0.25, -0.2) is 8.42 Å². The lowest BCUT2D eigenvalue weighted by atomic mass is 10.1. The summed E-state index contributed by atoms with van der Waals surface area (Å²) >= 11 is 0. The highest BCUT2D eigenvalue weighted by molar-refractivity contribution is 7.89. The van der Waals surface area contributed by atoms with Crippen molar-refractivity contribution in [2.75, 3.05) is 33.4 Å². The molecule has 1 amide bonds. The highest BCUT2D eigenvalue weighted by atomic mass is 32.2. The lowest BCUT2D eigenvalue weighted by Crippen LogP contribution is -2.48. The summed E-state index contributed by atoms with van der Waals surface area (Å²) in [6.07, 6.45) is 3.85. The number of carbonyl (C=O) groups excluding carboxylic acids is 1. The van der Waals surface area contributed by atoms with Crippen molar-refractivity contribution < 1.29 is 22.7 Å².